The van der Waals surface area contributed by atoms with Crippen LogP contribution in [0.5, 0.6) is 0 Å². The van der Waals surface area contributed by atoms with Crippen molar-refractivity contribution in [1.29, 1.82) is 0 Å². The van der Waals surface area contributed by atoms with E-state index in [9.17, 15) is 14.0 Å². The quantitative estimate of drug-likeness (QED) is 0.679. The summed E-state index contributed by atoms with van der Waals surface area (Å²) in [6, 6.07) is 12.1. The van der Waals surface area contributed by atoms with Gasteiger partial charge in [-0.05, 0) is 61.4 Å². The van der Waals surface area contributed by atoms with Crippen LogP contribution >= 0.6 is 11.6 Å². The van der Waals surface area contributed by atoms with Gasteiger partial charge in [0.25, 0.3) is 5.91 Å². The predicted octanol–water partition coefficient (Wildman–Crippen LogP) is 3.62. The van der Waals surface area contributed by atoms with Crippen LogP contribution in [0, 0.1) is 5.82 Å². The summed E-state index contributed by atoms with van der Waals surface area (Å²) in [7, 11) is 0. The first-order valence-corrected chi connectivity index (χ1v) is 8.80. The summed E-state index contributed by atoms with van der Waals surface area (Å²) < 4.78 is 14.5. The van der Waals surface area contributed by atoms with Gasteiger partial charge in [-0.2, -0.15) is 5.10 Å². The fourth-order valence-corrected chi connectivity index (χ4v) is 3.51. The molecule has 1 unspecified atom stereocenters. The lowest BCUT2D eigenvalue weighted by atomic mass is 10.1. The first-order chi connectivity index (χ1) is 12.9. The highest BCUT2D eigenvalue weighted by Gasteiger charge is 2.33. The Bertz CT molecular complexity index is 1100. The molecule has 27 heavy (non-hydrogen) atoms. The van der Waals surface area contributed by atoms with Gasteiger partial charge in [0.05, 0.1) is 5.69 Å². The molecule has 1 aromatic heterocycles. The average Bonchev–Trinajstić information content (AvgIpc) is 2.97. The number of nitrogens with zero attached hydrogens (tertiary/aromatic N) is 3. The molecule has 0 saturated heterocycles. The molecular weight excluding hydrogens is 369 g/mol. The monoisotopic (exact) mass is 383 g/mol. The SMILES string of the molecule is CC1Cc2cc(Cl)ccc2N1C(=O)c1nn(-c2ccc(F)cc2)ccc1=O. The van der Waals surface area contributed by atoms with Gasteiger partial charge in [0, 0.05) is 29.0 Å². The first kappa shape index (κ1) is 17.4. The standard InChI is InChI=1S/C20H15ClFN3O2/c1-12-10-13-11-14(21)2-7-17(13)25(12)20(27)19-18(26)8-9-24(23-19)16-5-3-15(22)4-6-16/h2-9,11-12H,10H2,1H3. The van der Waals surface area contributed by atoms with Crippen molar-refractivity contribution >= 4 is 23.2 Å². The van der Waals surface area contributed by atoms with Crippen molar-refractivity contribution in [3.05, 3.63) is 87.0 Å². The number of amides is 1. The minimum atomic E-state index is -0.468. The van der Waals surface area contributed by atoms with Gasteiger partial charge in [-0.15, -0.1) is 0 Å². The third kappa shape index (κ3) is 3.13. The van der Waals surface area contributed by atoms with Gasteiger partial charge in [-0.25, -0.2) is 9.07 Å². The molecule has 5 nitrogen and oxygen atoms in total. The van der Waals surface area contributed by atoms with E-state index in [1.807, 2.05) is 13.0 Å². The third-order valence-corrected chi connectivity index (χ3v) is 4.81. The Morgan fingerprint density at radius 3 is 2.67 bits per heavy atom. The zero-order chi connectivity index (χ0) is 19.1. The summed E-state index contributed by atoms with van der Waals surface area (Å²) in [5.74, 6) is -0.845. The average molecular weight is 384 g/mol. The molecule has 7 heteroatoms. The summed E-state index contributed by atoms with van der Waals surface area (Å²) in [6.07, 6.45) is 2.11. The Kier molecular flexibility index (Phi) is 4.28. The van der Waals surface area contributed by atoms with E-state index in [2.05, 4.69) is 5.10 Å². The van der Waals surface area contributed by atoms with Gasteiger partial charge in [0.1, 0.15) is 5.82 Å². The Morgan fingerprint density at radius 2 is 1.93 bits per heavy atom. The molecule has 0 N–H and O–H groups in total. The van der Waals surface area contributed by atoms with Gasteiger partial charge < -0.3 is 4.90 Å². The van der Waals surface area contributed by atoms with Crippen LogP contribution in [-0.2, 0) is 6.42 Å². The molecule has 4 rings (SSSR count). The molecule has 0 spiro atoms. The maximum Gasteiger partial charge on any atom is 0.283 e. The van der Waals surface area contributed by atoms with Crippen LogP contribution in [0.4, 0.5) is 10.1 Å². The van der Waals surface area contributed by atoms with Crippen molar-refractivity contribution in [3.63, 3.8) is 0 Å². The minimum Gasteiger partial charge on any atom is -0.303 e. The number of fused-ring (bicyclic) bond motifs is 1. The molecule has 0 bridgehead atoms. The third-order valence-electron chi connectivity index (χ3n) is 4.58. The molecule has 0 saturated carbocycles. The summed E-state index contributed by atoms with van der Waals surface area (Å²) >= 11 is 6.04. The van der Waals surface area contributed by atoms with Gasteiger partial charge in [-0.3, -0.25) is 9.59 Å². The van der Waals surface area contributed by atoms with Crippen LogP contribution in [-0.4, -0.2) is 21.7 Å². The number of aromatic nitrogens is 2. The molecule has 1 amide bonds. The Morgan fingerprint density at radius 1 is 1.19 bits per heavy atom. The lowest BCUT2D eigenvalue weighted by molar-refractivity contribution is 0.0974. The maximum absolute atomic E-state index is 13.1. The second kappa shape index (κ2) is 6.63. The smallest absolute Gasteiger partial charge is 0.283 e. The summed E-state index contributed by atoms with van der Waals surface area (Å²) in [5, 5.41) is 4.81. The fourth-order valence-electron chi connectivity index (χ4n) is 3.32. The van der Waals surface area contributed by atoms with Gasteiger partial charge in [-0.1, -0.05) is 11.6 Å². The number of carbonyl (C=O) groups excluding carboxylic acids is 1. The van der Waals surface area contributed by atoms with Crippen molar-refractivity contribution in [3.8, 4) is 5.69 Å². The van der Waals surface area contributed by atoms with E-state index < -0.39 is 11.3 Å². The van der Waals surface area contributed by atoms with Gasteiger partial charge in [0.2, 0.25) is 5.43 Å². The normalized spacial score (nSPS) is 15.7. The Balaban J connectivity index is 1.75. The molecule has 2 heterocycles. The number of hydrogen-bond acceptors (Lipinski definition) is 3. The van der Waals surface area contributed by atoms with Crippen LogP contribution in [0.1, 0.15) is 23.0 Å². The largest absolute Gasteiger partial charge is 0.303 e. The minimum absolute atomic E-state index is 0.119. The van der Waals surface area contributed by atoms with E-state index in [1.54, 1.807) is 17.0 Å². The number of carbonyl (C=O) groups is 1. The highest BCUT2D eigenvalue weighted by Crippen LogP contribution is 2.34. The van der Waals surface area contributed by atoms with E-state index >= 15 is 0 Å². The molecule has 2 aromatic carbocycles. The van der Waals surface area contributed by atoms with E-state index in [-0.39, 0.29) is 17.6 Å². The molecule has 0 fully saturated rings. The van der Waals surface area contributed by atoms with Crippen molar-refractivity contribution in [2.45, 2.75) is 19.4 Å². The second-order valence-electron chi connectivity index (χ2n) is 6.45. The van der Waals surface area contributed by atoms with Crippen molar-refractivity contribution in [1.82, 2.24) is 9.78 Å². The molecule has 0 aliphatic carbocycles. The van der Waals surface area contributed by atoms with Crippen molar-refractivity contribution in [2.75, 3.05) is 4.90 Å². The molecule has 3 aromatic rings. The van der Waals surface area contributed by atoms with E-state index in [4.69, 9.17) is 11.6 Å². The zero-order valence-electron chi connectivity index (χ0n) is 14.4. The molecule has 1 aliphatic heterocycles. The van der Waals surface area contributed by atoms with Crippen molar-refractivity contribution < 1.29 is 9.18 Å². The predicted molar refractivity (Wildman–Crippen MR) is 101 cm³/mol. The molecule has 0 radical (unpaired) electrons. The van der Waals surface area contributed by atoms with Gasteiger partial charge >= 0.3 is 0 Å². The summed E-state index contributed by atoms with van der Waals surface area (Å²) in [6.45, 7) is 1.91. The number of hydrogen-bond donors (Lipinski definition) is 0. The van der Waals surface area contributed by atoms with E-state index in [1.165, 1.54) is 41.2 Å². The van der Waals surface area contributed by atoms with Crippen LogP contribution in [0.15, 0.2) is 59.5 Å². The summed E-state index contributed by atoms with van der Waals surface area (Å²) in [5.41, 5.74) is 1.59. The fraction of sp³-hybridized carbons (Fsp3) is 0.150. The number of rotatable bonds is 2. The Labute approximate surface area is 159 Å². The lowest BCUT2D eigenvalue weighted by Crippen LogP contribution is -2.39. The molecule has 1 atom stereocenters. The second-order valence-corrected chi connectivity index (χ2v) is 6.89. The van der Waals surface area contributed by atoms with Gasteiger partial charge in [0.15, 0.2) is 5.69 Å². The number of anilines is 1. The molecule has 136 valence electrons. The Hall–Kier alpha value is -2.99. The zero-order valence-corrected chi connectivity index (χ0v) is 15.2. The first-order valence-electron chi connectivity index (χ1n) is 8.42. The van der Waals surface area contributed by atoms with E-state index in [0.717, 1.165) is 11.3 Å². The van der Waals surface area contributed by atoms with E-state index in [0.29, 0.717) is 17.1 Å². The maximum atomic E-state index is 13.1. The summed E-state index contributed by atoms with van der Waals surface area (Å²) in [4.78, 5) is 27.0. The van der Waals surface area contributed by atoms with Crippen LogP contribution in [0.2, 0.25) is 5.02 Å². The topological polar surface area (TPSA) is 55.2 Å². The number of benzene rings is 2. The van der Waals surface area contributed by atoms with Crippen LogP contribution in [0.3, 0.4) is 0 Å². The van der Waals surface area contributed by atoms with Crippen molar-refractivity contribution in [2.24, 2.45) is 0 Å². The highest BCUT2D eigenvalue weighted by molar-refractivity contribution is 6.30. The van der Waals surface area contributed by atoms with Crippen LogP contribution < -0.4 is 10.3 Å². The lowest BCUT2D eigenvalue weighted by Gasteiger charge is -2.22. The molecular formula is C20H15ClFN3O2. The molecule has 1 aliphatic rings. The number of halogens is 2. The highest BCUT2D eigenvalue weighted by atomic mass is 35.5. The van der Waals surface area contributed by atoms with Crippen LogP contribution in [0.25, 0.3) is 5.69 Å².